The number of fused-ring (bicyclic) bond motifs is 1. The van der Waals surface area contributed by atoms with Gasteiger partial charge in [0.2, 0.25) is 0 Å². The quantitative estimate of drug-likeness (QED) is 0.740. The van der Waals surface area contributed by atoms with Crippen molar-refractivity contribution in [3.05, 3.63) is 44.3 Å². The fraction of sp³-hybridized carbons (Fsp3) is 0.421. The monoisotopic (exact) mass is 403 g/mol. The lowest BCUT2D eigenvalue weighted by Crippen LogP contribution is -2.32. The van der Waals surface area contributed by atoms with E-state index >= 15 is 0 Å². The van der Waals surface area contributed by atoms with Crippen molar-refractivity contribution in [2.75, 3.05) is 11.9 Å². The number of H-pyrrole nitrogens is 1. The summed E-state index contributed by atoms with van der Waals surface area (Å²) in [5.74, 6) is -1.15. The molecule has 0 aromatic carbocycles. The lowest BCUT2D eigenvalue weighted by atomic mass is 9.75. The zero-order valence-corrected chi connectivity index (χ0v) is 16.7. The molecule has 0 radical (unpaired) electrons. The van der Waals surface area contributed by atoms with Gasteiger partial charge in [0.05, 0.1) is 18.7 Å². The van der Waals surface area contributed by atoms with Crippen LogP contribution in [-0.2, 0) is 22.4 Å². The molecule has 1 aliphatic carbocycles. The zero-order chi connectivity index (χ0) is 20.5. The summed E-state index contributed by atoms with van der Waals surface area (Å²) in [4.78, 5) is 55.6. The first kappa shape index (κ1) is 19.9. The number of thiazole rings is 1. The Labute approximate surface area is 165 Å². The van der Waals surface area contributed by atoms with Crippen LogP contribution in [0.25, 0.3) is 0 Å². The Hall–Kier alpha value is -2.81. The predicted molar refractivity (Wildman–Crippen MR) is 104 cm³/mol. The highest BCUT2D eigenvalue weighted by atomic mass is 32.1. The second-order valence-electron chi connectivity index (χ2n) is 7.43. The summed E-state index contributed by atoms with van der Waals surface area (Å²) in [5, 5.41) is 4.44. The Morgan fingerprint density at radius 3 is 2.79 bits per heavy atom. The van der Waals surface area contributed by atoms with Crippen molar-refractivity contribution >= 4 is 34.1 Å². The maximum Gasteiger partial charge on any atom is 0.311 e. The number of aromatic amines is 1. The van der Waals surface area contributed by atoms with E-state index in [0.717, 1.165) is 11.3 Å². The molecule has 0 aliphatic heterocycles. The van der Waals surface area contributed by atoms with Gasteiger partial charge in [-0.05, 0) is 24.8 Å². The van der Waals surface area contributed by atoms with Crippen LogP contribution in [0.4, 0.5) is 5.13 Å². The van der Waals surface area contributed by atoms with Crippen molar-refractivity contribution in [3.8, 4) is 0 Å². The van der Waals surface area contributed by atoms with Gasteiger partial charge in [0.25, 0.3) is 11.5 Å². The normalized spacial score (nSPS) is 15.0. The topological polar surface area (TPSA) is 118 Å². The number of nitrogens with zero attached hydrogens (tertiary/aromatic N) is 1. The highest BCUT2D eigenvalue weighted by Gasteiger charge is 2.32. The van der Waals surface area contributed by atoms with E-state index in [0.29, 0.717) is 29.8 Å². The fourth-order valence-corrected chi connectivity index (χ4v) is 3.87. The second-order valence-corrected chi connectivity index (χ2v) is 8.28. The van der Waals surface area contributed by atoms with E-state index in [-0.39, 0.29) is 34.9 Å². The maximum absolute atomic E-state index is 12.5. The number of hydrogen-bond donors (Lipinski definition) is 2. The standard InChI is InChI=1S/C19H21N3O5S/c1-4-27-15(24)5-10-9-28-18(20-10)22-17(26)12-6-11-13(21-16(12)25)7-19(2,3)8-14(11)23/h6,9H,4-5,7-8H2,1-3H3,(H,21,25)(H,20,22,26). The summed E-state index contributed by atoms with van der Waals surface area (Å²) in [6, 6.07) is 1.36. The molecule has 2 heterocycles. The molecule has 1 aliphatic rings. The molecule has 0 saturated heterocycles. The molecular weight excluding hydrogens is 382 g/mol. The van der Waals surface area contributed by atoms with Crippen LogP contribution in [0, 0.1) is 5.41 Å². The van der Waals surface area contributed by atoms with Crippen LogP contribution in [0.1, 0.15) is 59.3 Å². The lowest BCUT2D eigenvalue weighted by Gasteiger charge is -2.29. The molecule has 0 atom stereocenters. The third-order valence-electron chi connectivity index (χ3n) is 4.37. The van der Waals surface area contributed by atoms with E-state index < -0.39 is 17.4 Å². The second kappa shape index (κ2) is 7.67. The van der Waals surface area contributed by atoms with Gasteiger partial charge >= 0.3 is 5.97 Å². The Kier molecular flexibility index (Phi) is 5.46. The maximum atomic E-state index is 12.5. The van der Waals surface area contributed by atoms with Crippen LogP contribution in [0.15, 0.2) is 16.2 Å². The molecule has 0 bridgehead atoms. The number of nitrogens with one attached hydrogen (secondary N) is 2. The Balaban J connectivity index is 1.78. The predicted octanol–water partition coefficient (Wildman–Crippen LogP) is 2.34. The first-order valence-electron chi connectivity index (χ1n) is 8.89. The van der Waals surface area contributed by atoms with Gasteiger partial charge in [-0.25, -0.2) is 4.98 Å². The van der Waals surface area contributed by atoms with Crippen LogP contribution >= 0.6 is 11.3 Å². The minimum atomic E-state index is -0.654. The van der Waals surface area contributed by atoms with Crippen LogP contribution in [0.2, 0.25) is 0 Å². The number of carbonyl (C=O) groups is 3. The first-order valence-corrected chi connectivity index (χ1v) is 9.77. The van der Waals surface area contributed by atoms with E-state index in [1.807, 2.05) is 13.8 Å². The molecule has 0 spiro atoms. The summed E-state index contributed by atoms with van der Waals surface area (Å²) in [7, 11) is 0. The summed E-state index contributed by atoms with van der Waals surface area (Å²) >= 11 is 1.14. The van der Waals surface area contributed by atoms with Crippen molar-refractivity contribution in [3.63, 3.8) is 0 Å². The Morgan fingerprint density at radius 2 is 2.07 bits per heavy atom. The van der Waals surface area contributed by atoms with Gasteiger partial charge in [0.1, 0.15) is 5.56 Å². The van der Waals surface area contributed by atoms with E-state index in [9.17, 15) is 19.2 Å². The summed E-state index contributed by atoms with van der Waals surface area (Å²) in [5.41, 5.74) is 0.488. The molecule has 1 amide bonds. The number of ether oxygens (including phenoxy) is 1. The SMILES string of the molecule is CCOC(=O)Cc1csc(NC(=O)c2cc3c([nH]c2=O)CC(C)(C)CC3=O)n1. The third kappa shape index (κ3) is 4.36. The van der Waals surface area contributed by atoms with Crippen molar-refractivity contribution in [2.45, 2.75) is 40.0 Å². The highest BCUT2D eigenvalue weighted by molar-refractivity contribution is 7.14. The molecule has 2 N–H and O–H groups in total. The zero-order valence-electron chi connectivity index (χ0n) is 15.9. The number of rotatable bonds is 5. The number of aromatic nitrogens is 2. The molecule has 8 nitrogen and oxygen atoms in total. The first-order chi connectivity index (χ1) is 13.2. The van der Waals surface area contributed by atoms with Crippen molar-refractivity contribution in [1.82, 2.24) is 9.97 Å². The van der Waals surface area contributed by atoms with E-state index in [1.165, 1.54) is 6.07 Å². The van der Waals surface area contributed by atoms with Gasteiger partial charge < -0.3 is 9.72 Å². The molecule has 2 aromatic heterocycles. The molecule has 0 unspecified atom stereocenters. The minimum Gasteiger partial charge on any atom is -0.466 e. The molecule has 0 saturated carbocycles. The van der Waals surface area contributed by atoms with Crippen LogP contribution in [0.5, 0.6) is 0 Å². The summed E-state index contributed by atoms with van der Waals surface area (Å²) in [6.07, 6.45) is 0.926. The van der Waals surface area contributed by atoms with Crippen molar-refractivity contribution in [1.29, 1.82) is 0 Å². The van der Waals surface area contributed by atoms with Gasteiger partial charge in [-0.2, -0.15) is 0 Å². The fourth-order valence-electron chi connectivity index (χ4n) is 3.17. The number of esters is 1. The minimum absolute atomic E-state index is 0.00390. The Morgan fingerprint density at radius 1 is 1.32 bits per heavy atom. The van der Waals surface area contributed by atoms with Crippen molar-refractivity contribution in [2.24, 2.45) is 5.41 Å². The Bertz CT molecular complexity index is 1010. The number of ketones is 1. The number of carbonyl (C=O) groups excluding carboxylic acids is 3. The van der Waals surface area contributed by atoms with E-state index in [1.54, 1.807) is 12.3 Å². The summed E-state index contributed by atoms with van der Waals surface area (Å²) < 4.78 is 4.86. The number of hydrogen-bond acceptors (Lipinski definition) is 7. The van der Waals surface area contributed by atoms with Gasteiger partial charge in [0, 0.05) is 23.1 Å². The number of pyridine rings is 1. The lowest BCUT2D eigenvalue weighted by molar-refractivity contribution is -0.142. The van der Waals surface area contributed by atoms with Crippen LogP contribution in [-0.4, -0.2) is 34.2 Å². The molecule has 0 fully saturated rings. The number of Topliss-reactive ketones (excluding diaryl/α,β-unsaturated/α-hetero) is 1. The van der Waals surface area contributed by atoms with Gasteiger partial charge in [-0.1, -0.05) is 13.8 Å². The van der Waals surface area contributed by atoms with Crippen LogP contribution in [0.3, 0.4) is 0 Å². The smallest absolute Gasteiger partial charge is 0.311 e. The molecular formula is C19H21N3O5S. The third-order valence-corrected chi connectivity index (χ3v) is 5.17. The molecule has 148 valence electrons. The van der Waals surface area contributed by atoms with Gasteiger partial charge in [-0.15, -0.1) is 11.3 Å². The molecule has 2 aromatic rings. The largest absolute Gasteiger partial charge is 0.466 e. The van der Waals surface area contributed by atoms with Gasteiger partial charge in [-0.3, -0.25) is 24.5 Å². The van der Waals surface area contributed by atoms with Crippen LogP contribution < -0.4 is 10.9 Å². The number of anilines is 1. The van der Waals surface area contributed by atoms with E-state index in [2.05, 4.69) is 15.3 Å². The van der Waals surface area contributed by atoms with Crippen molar-refractivity contribution < 1.29 is 19.1 Å². The number of amides is 1. The van der Waals surface area contributed by atoms with Gasteiger partial charge in [0.15, 0.2) is 10.9 Å². The average Bonchev–Trinajstić information content (AvgIpc) is 2.99. The molecule has 9 heteroatoms. The summed E-state index contributed by atoms with van der Waals surface area (Å²) in [6.45, 7) is 5.92. The highest BCUT2D eigenvalue weighted by Crippen LogP contribution is 2.33. The molecule has 3 rings (SSSR count). The average molecular weight is 403 g/mol. The molecule has 28 heavy (non-hydrogen) atoms. The van der Waals surface area contributed by atoms with E-state index in [4.69, 9.17) is 4.74 Å².